The first-order valence-corrected chi connectivity index (χ1v) is 13.2. The van der Waals surface area contributed by atoms with E-state index < -0.39 is 35.9 Å². The van der Waals surface area contributed by atoms with Crippen molar-refractivity contribution >= 4 is 18.0 Å². The molecule has 3 aromatic rings. The highest BCUT2D eigenvalue weighted by atomic mass is 19.4. The Morgan fingerprint density at radius 1 is 1.17 bits per heavy atom. The summed E-state index contributed by atoms with van der Waals surface area (Å²) in [7, 11) is 1.52. The highest BCUT2D eigenvalue weighted by molar-refractivity contribution is 5.75. The molecule has 0 radical (unpaired) electrons. The highest BCUT2D eigenvalue weighted by Gasteiger charge is 2.41. The first-order chi connectivity index (χ1) is 19.5. The molecule has 2 aliphatic rings. The van der Waals surface area contributed by atoms with Crippen molar-refractivity contribution in [3.63, 3.8) is 0 Å². The summed E-state index contributed by atoms with van der Waals surface area (Å²) in [5, 5.41) is 9.13. The van der Waals surface area contributed by atoms with E-state index in [-0.39, 0.29) is 18.5 Å². The van der Waals surface area contributed by atoms with Crippen molar-refractivity contribution in [1.29, 1.82) is 0 Å². The van der Waals surface area contributed by atoms with Gasteiger partial charge in [0.05, 0.1) is 31.0 Å². The van der Waals surface area contributed by atoms with Gasteiger partial charge >= 0.3 is 18.2 Å². The number of aryl methyl sites for hydroxylation is 1. The maximum absolute atomic E-state index is 13.3. The fourth-order valence-corrected chi connectivity index (χ4v) is 5.01. The minimum absolute atomic E-state index is 0.0106. The molecule has 0 unspecified atom stereocenters. The van der Waals surface area contributed by atoms with Gasteiger partial charge in [0.2, 0.25) is 5.95 Å². The van der Waals surface area contributed by atoms with Crippen molar-refractivity contribution in [2.75, 3.05) is 25.1 Å². The van der Waals surface area contributed by atoms with E-state index in [0.717, 1.165) is 37.2 Å². The highest BCUT2D eigenvalue weighted by Crippen LogP contribution is 2.39. The number of ether oxygens (including phenoxy) is 2. The number of hydrogen-bond donors (Lipinski definition) is 1. The van der Waals surface area contributed by atoms with Crippen LogP contribution in [0.5, 0.6) is 5.75 Å². The lowest BCUT2D eigenvalue weighted by atomic mass is 9.98. The van der Waals surface area contributed by atoms with E-state index in [4.69, 9.17) is 19.6 Å². The van der Waals surface area contributed by atoms with Gasteiger partial charge in [-0.3, -0.25) is 9.69 Å². The summed E-state index contributed by atoms with van der Waals surface area (Å²) >= 11 is 0. The van der Waals surface area contributed by atoms with E-state index in [1.54, 1.807) is 25.3 Å². The molecule has 2 fully saturated rings. The van der Waals surface area contributed by atoms with Crippen LogP contribution in [0, 0.1) is 0 Å². The fourth-order valence-electron chi connectivity index (χ4n) is 5.01. The zero-order chi connectivity index (χ0) is 29.3. The summed E-state index contributed by atoms with van der Waals surface area (Å²) in [6, 6.07) is 9.56. The predicted molar refractivity (Wildman–Crippen MR) is 142 cm³/mol. The topological polar surface area (TPSA) is 105 Å². The van der Waals surface area contributed by atoms with Crippen LogP contribution in [0.15, 0.2) is 48.7 Å². The zero-order valence-corrected chi connectivity index (χ0v) is 22.5. The third-order valence-corrected chi connectivity index (χ3v) is 7.43. The van der Waals surface area contributed by atoms with Crippen LogP contribution in [0.2, 0.25) is 0 Å². The maximum Gasteiger partial charge on any atom is 0.416 e. The number of benzene rings is 2. The lowest BCUT2D eigenvalue weighted by molar-refractivity contribution is -0.138. The van der Waals surface area contributed by atoms with Crippen LogP contribution in [0.25, 0.3) is 11.1 Å². The minimum Gasteiger partial charge on any atom is -0.496 e. The Hall–Kier alpha value is -4.35. The average Bonchev–Trinajstić information content (AvgIpc) is 3.19. The number of aromatic nitrogens is 2. The average molecular weight is 571 g/mol. The molecule has 0 bridgehead atoms. The van der Waals surface area contributed by atoms with Gasteiger partial charge < -0.3 is 19.5 Å². The van der Waals surface area contributed by atoms with E-state index in [9.17, 15) is 22.8 Å². The molecule has 2 aromatic carbocycles. The second-order valence-corrected chi connectivity index (χ2v) is 10.1. The molecule has 1 amide bonds. The van der Waals surface area contributed by atoms with Crippen LogP contribution >= 0.6 is 0 Å². The summed E-state index contributed by atoms with van der Waals surface area (Å²) in [5.41, 5.74) is 1.94. The molecule has 1 N–H and O–H groups in total. The molecule has 2 atom stereocenters. The summed E-state index contributed by atoms with van der Waals surface area (Å²) in [6.07, 6.45) is -3.17. The van der Waals surface area contributed by atoms with Crippen molar-refractivity contribution in [2.24, 2.45) is 0 Å². The van der Waals surface area contributed by atoms with Gasteiger partial charge in [-0.05, 0) is 55.2 Å². The van der Waals surface area contributed by atoms with Gasteiger partial charge in [-0.15, -0.1) is 0 Å². The molecule has 1 aromatic heterocycles. The fraction of sp³-hybridized carbons (Fsp3) is 0.379. The van der Waals surface area contributed by atoms with Crippen LogP contribution in [-0.2, 0) is 28.7 Å². The monoisotopic (exact) mass is 570 g/mol. The molecule has 0 spiro atoms. The molecule has 5 rings (SSSR count). The number of rotatable bonds is 9. The van der Waals surface area contributed by atoms with Crippen molar-refractivity contribution < 1.29 is 37.3 Å². The van der Waals surface area contributed by atoms with Crippen LogP contribution in [0.1, 0.15) is 48.3 Å². The SMILES string of the molecule is COc1ccc(CCC(=O)O)cc1-c1cnc(N2CCC2)nc1CN1C(=O)O[C@H](c2cccc(C(F)(F)F)c2)[C@@H]1C. The van der Waals surface area contributed by atoms with E-state index in [1.807, 2.05) is 11.0 Å². The van der Waals surface area contributed by atoms with Gasteiger partial charge in [0, 0.05) is 36.8 Å². The van der Waals surface area contributed by atoms with Gasteiger partial charge in [0.25, 0.3) is 0 Å². The first-order valence-electron chi connectivity index (χ1n) is 13.2. The molecule has 9 nitrogen and oxygen atoms in total. The number of hydrogen-bond acceptors (Lipinski definition) is 7. The number of carboxylic acid groups (broad SMARTS) is 1. The summed E-state index contributed by atoms with van der Waals surface area (Å²) in [5.74, 6) is 0.109. The summed E-state index contributed by atoms with van der Waals surface area (Å²) in [4.78, 5) is 37.0. The number of cyclic esters (lactones) is 1. The van der Waals surface area contributed by atoms with Gasteiger partial charge in [-0.1, -0.05) is 18.2 Å². The third kappa shape index (κ3) is 5.91. The number of carbonyl (C=O) groups excluding carboxylic acids is 1. The maximum atomic E-state index is 13.3. The largest absolute Gasteiger partial charge is 0.496 e. The molecule has 2 saturated heterocycles. The van der Waals surface area contributed by atoms with E-state index in [1.165, 1.54) is 24.1 Å². The number of amides is 1. The quantitative estimate of drug-likeness (QED) is 0.361. The first kappa shape index (κ1) is 28.2. The molecule has 3 heterocycles. The molecule has 0 aliphatic carbocycles. The lowest BCUT2D eigenvalue weighted by Gasteiger charge is -2.31. The predicted octanol–water partition coefficient (Wildman–Crippen LogP) is 5.48. The van der Waals surface area contributed by atoms with Gasteiger partial charge in [-0.2, -0.15) is 13.2 Å². The van der Waals surface area contributed by atoms with Crippen LogP contribution < -0.4 is 9.64 Å². The molecule has 12 heteroatoms. The number of nitrogens with zero attached hydrogens (tertiary/aromatic N) is 4. The third-order valence-electron chi connectivity index (χ3n) is 7.43. The number of halogens is 3. The Balaban J connectivity index is 1.50. The normalized spacial score (nSPS) is 18.7. The molecule has 41 heavy (non-hydrogen) atoms. The molecular formula is C29H29F3N4O5. The summed E-state index contributed by atoms with van der Waals surface area (Å²) < 4.78 is 51.2. The van der Waals surface area contributed by atoms with Gasteiger partial charge in [-0.25, -0.2) is 14.8 Å². The zero-order valence-electron chi connectivity index (χ0n) is 22.5. The Morgan fingerprint density at radius 2 is 1.95 bits per heavy atom. The van der Waals surface area contributed by atoms with Crippen LogP contribution in [0.4, 0.5) is 23.9 Å². The number of alkyl halides is 3. The summed E-state index contributed by atoms with van der Waals surface area (Å²) in [6.45, 7) is 3.33. The Morgan fingerprint density at radius 3 is 2.61 bits per heavy atom. The number of aliphatic carboxylic acids is 1. The van der Waals surface area contributed by atoms with Crippen LogP contribution in [0.3, 0.4) is 0 Å². The Labute approximate surface area is 234 Å². The number of anilines is 1. The lowest BCUT2D eigenvalue weighted by Crippen LogP contribution is -2.39. The smallest absolute Gasteiger partial charge is 0.416 e. The second kappa shape index (κ2) is 11.3. The Kier molecular flexibility index (Phi) is 7.74. The minimum atomic E-state index is -4.53. The van der Waals surface area contributed by atoms with Crippen LogP contribution in [-0.4, -0.2) is 58.3 Å². The Bertz CT molecular complexity index is 1460. The van der Waals surface area contributed by atoms with E-state index in [0.29, 0.717) is 34.9 Å². The number of methoxy groups -OCH3 is 1. The van der Waals surface area contributed by atoms with Gasteiger partial charge in [0.15, 0.2) is 0 Å². The van der Waals surface area contributed by atoms with Crippen molar-refractivity contribution in [2.45, 2.75) is 51.1 Å². The standard InChI is InChI=1S/C29H29F3N4O5/c1-17-26(19-5-3-6-20(14-19)29(30,31)32)41-28(39)36(17)16-23-22(15-33-27(34-23)35-11-4-12-35)21-13-18(8-10-25(37)38)7-9-24(21)40-2/h3,5-7,9,13-15,17,26H,4,8,10-12,16H2,1-2H3,(H,37,38)/t17-,26-/m0/s1. The van der Waals surface area contributed by atoms with Crippen molar-refractivity contribution in [1.82, 2.24) is 14.9 Å². The van der Waals surface area contributed by atoms with Crippen molar-refractivity contribution in [3.8, 4) is 16.9 Å². The molecule has 0 saturated carbocycles. The second-order valence-electron chi connectivity index (χ2n) is 10.1. The molecule has 2 aliphatic heterocycles. The van der Waals surface area contributed by atoms with E-state index in [2.05, 4.69) is 4.98 Å². The molecule has 216 valence electrons. The van der Waals surface area contributed by atoms with Crippen molar-refractivity contribution in [3.05, 3.63) is 71.0 Å². The molecular weight excluding hydrogens is 541 g/mol. The number of carboxylic acids is 1. The van der Waals surface area contributed by atoms with E-state index >= 15 is 0 Å². The van der Waals surface area contributed by atoms with Gasteiger partial charge in [0.1, 0.15) is 11.9 Å². The number of carbonyl (C=O) groups is 2.